The SMILES string of the molecule is O=C(CCn1nnc2ccccc2c1=O)NCC(=O)NC1CC1. The Hall–Kier alpha value is -2.77. The summed E-state index contributed by atoms with van der Waals surface area (Å²) >= 11 is 0. The van der Waals surface area contributed by atoms with E-state index in [0.29, 0.717) is 10.9 Å². The Morgan fingerprint density at radius 1 is 1.22 bits per heavy atom. The van der Waals surface area contributed by atoms with Crippen LogP contribution >= 0.6 is 0 Å². The number of aryl methyl sites for hydroxylation is 1. The Morgan fingerprint density at radius 3 is 2.78 bits per heavy atom. The summed E-state index contributed by atoms with van der Waals surface area (Å²) in [7, 11) is 0. The number of rotatable bonds is 6. The molecule has 2 N–H and O–H groups in total. The number of amides is 2. The standard InChI is InChI=1S/C15H17N5O3/c21-13(16-9-14(22)17-10-5-6-10)7-8-20-15(23)11-3-1-2-4-12(11)18-19-20/h1-4,10H,5-9H2,(H,16,21)(H,17,22). The van der Waals surface area contributed by atoms with Crippen molar-refractivity contribution < 1.29 is 9.59 Å². The summed E-state index contributed by atoms with van der Waals surface area (Å²) in [6.45, 7) is 0.0698. The van der Waals surface area contributed by atoms with Crippen molar-refractivity contribution in [3.8, 4) is 0 Å². The highest BCUT2D eigenvalue weighted by molar-refractivity contribution is 5.84. The molecule has 1 fully saturated rings. The molecule has 2 amide bonds. The fourth-order valence-electron chi connectivity index (χ4n) is 2.15. The van der Waals surface area contributed by atoms with E-state index in [1.165, 1.54) is 0 Å². The van der Waals surface area contributed by atoms with Crippen LogP contribution in [-0.2, 0) is 16.1 Å². The summed E-state index contributed by atoms with van der Waals surface area (Å²) in [6, 6.07) is 7.18. The summed E-state index contributed by atoms with van der Waals surface area (Å²) in [5.41, 5.74) is 0.241. The molecular weight excluding hydrogens is 298 g/mol. The highest BCUT2D eigenvalue weighted by atomic mass is 16.2. The van der Waals surface area contributed by atoms with E-state index in [1.807, 2.05) is 0 Å². The summed E-state index contributed by atoms with van der Waals surface area (Å²) in [5.74, 6) is -0.499. The average Bonchev–Trinajstić information content (AvgIpc) is 3.36. The van der Waals surface area contributed by atoms with Crippen LogP contribution in [0.1, 0.15) is 19.3 Å². The minimum atomic E-state index is -0.308. The van der Waals surface area contributed by atoms with Crippen molar-refractivity contribution in [1.29, 1.82) is 0 Å². The Bertz CT molecular complexity index is 797. The first-order chi connectivity index (χ1) is 11.1. The van der Waals surface area contributed by atoms with E-state index in [-0.39, 0.29) is 42.9 Å². The molecule has 120 valence electrons. The highest BCUT2D eigenvalue weighted by Gasteiger charge is 2.23. The van der Waals surface area contributed by atoms with E-state index in [2.05, 4.69) is 20.9 Å². The number of carbonyl (C=O) groups excluding carboxylic acids is 2. The molecule has 1 aromatic carbocycles. The third-order valence-electron chi connectivity index (χ3n) is 3.57. The molecule has 8 nitrogen and oxygen atoms in total. The summed E-state index contributed by atoms with van der Waals surface area (Å²) in [4.78, 5) is 35.4. The molecule has 1 aromatic heterocycles. The molecule has 23 heavy (non-hydrogen) atoms. The Morgan fingerprint density at radius 2 is 2.00 bits per heavy atom. The number of benzene rings is 1. The first-order valence-corrected chi connectivity index (χ1v) is 7.52. The second-order valence-corrected chi connectivity index (χ2v) is 5.50. The van der Waals surface area contributed by atoms with E-state index in [4.69, 9.17) is 0 Å². The molecule has 0 radical (unpaired) electrons. The van der Waals surface area contributed by atoms with Gasteiger partial charge in [0.15, 0.2) is 0 Å². The number of hydrogen-bond acceptors (Lipinski definition) is 5. The maximum absolute atomic E-state index is 12.2. The lowest BCUT2D eigenvalue weighted by Crippen LogP contribution is -2.38. The number of nitrogens with zero attached hydrogens (tertiary/aromatic N) is 3. The van der Waals surface area contributed by atoms with Crippen molar-refractivity contribution in [3.05, 3.63) is 34.6 Å². The van der Waals surface area contributed by atoms with Gasteiger partial charge in [0, 0.05) is 12.5 Å². The van der Waals surface area contributed by atoms with Crippen molar-refractivity contribution in [2.45, 2.75) is 31.8 Å². The van der Waals surface area contributed by atoms with Crippen molar-refractivity contribution in [2.24, 2.45) is 0 Å². The van der Waals surface area contributed by atoms with Crippen LogP contribution < -0.4 is 16.2 Å². The normalized spacial score (nSPS) is 13.7. The van der Waals surface area contributed by atoms with E-state index >= 15 is 0 Å². The summed E-state index contributed by atoms with van der Waals surface area (Å²) < 4.78 is 1.16. The van der Waals surface area contributed by atoms with Crippen LogP contribution in [0.2, 0.25) is 0 Å². The fourth-order valence-corrected chi connectivity index (χ4v) is 2.15. The Balaban J connectivity index is 1.53. The van der Waals surface area contributed by atoms with Gasteiger partial charge in [-0.1, -0.05) is 17.3 Å². The van der Waals surface area contributed by atoms with Gasteiger partial charge in [-0.25, -0.2) is 4.68 Å². The second kappa shape index (κ2) is 6.55. The number of carbonyl (C=O) groups is 2. The van der Waals surface area contributed by atoms with Crippen LogP contribution in [0.5, 0.6) is 0 Å². The Labute approximate surface area is 131 Å². The summed E-state index contributed by atoms with van der Waals surface area (Å²) in [6.07, 6.45) is 2.07. The van der Waals surface area contributed by atoms with Gasteiger partial charge in [0.25, 0.3) is 5.56 Å². The van der Waals surface area contributed by atoms with Crippen LogP contribution in [-0.4, -0.2) is 39.4 Å². The lowest BCUT2D eigenvalue weighted by Gasteiger charge is -2.07. The first-order valence-electron chi connectivity index (χ1n) is 7.52. The van der Waals surface area contributed by atoms with E-state index in [0.717, 1.165) is 17.5 Å². The molecule has 0 aliphatic heterocycles. The molecule has 8 heteroatoms. The predicted molar refractivity (Wildman–Crippen MR) is 82.6 cm³/mol. The van der Waals surface area contributed by atoms with Crippen LogP contribution in [0, 0.1) is 0 Å². The molecule has 0 spiro atoms. The molecule has 2 aromatic rings. The zero-order chi connectivity index (χ0) is 16.2. The van der Waals surface area contributed by atoms with Crippen LogP contribution in [0.15, 0.2) is 29.1 Å². The van der Waals surface area contributed by atoms with Gasteiger partial charge in [-0.15, -0.1) is 5.10 Å². The quantitative estimate of drug-likeness (QED) is 0.753. The largest absolute Gasteiger partial charge is 0.352 e. The van der Waals surface area contributed by atoms with Gasteiger partial charge < -0.3 is 10.6 Å². The van der Waals surface area contributed by atoms with Crippen LogP contribution in [0.4, 0.5) is 0 Å². The molecule has 0 atom stereocenters. The topological polar surface area (TPSA) is 106 Å². The van der Waals surface area contributed by atoms with Gasteiger partial charge in [-0.2, -0.15) is 0 Å². The molecule has 0 unspecified atom stereocenters. The van der Waals surface area contributed by atoms with Gasteiger partial charge >= 0.3 is 0 Å². The monoisotopic (exact) mass is 315 g/mol. The molecule has 1 heterocycles. The molecular formula is C15H17N5O3. The van der Waals surface area contributed by atoms with Crippen molar-refractivity contribution in [1.82, 2.24) is 25.6 Å². The third-order valence-corrected chi connectivity index (χ3v) is 3.57. The first kappa shape index (κ1) is 15.1. The van der Waals surface area contributed by atoms with Gasteiger partial charge in [0.2, 0.25) is 11.8 Å². The van der Waals surface area contributed by atoms with Gasteiger partial charge in [-0.05, 0) is 25.0 Å². The number of nitrogens with one attached hydrogen (secondary N) is 2. The number of aromatic nitrogens is 3. The maximum Gasteiger partial charge on any atom is 0.277 e. The maximum atomic E-state index is 12.2. The lowest BCUT2D eigenvalue weighted by molar-refractivity contribution is -0.126. The predicted octanol–water partition coefficient (Wildman–Crippen LogP) is -0.424. The highest BCUT2D eigenvalue weighted by Crippen LogP contribution is 2.18. The van der Waals surface area contributed by atoms with E-state index in [9.17, 15) is 14.4 Å². The van der Waals surface area contributed by atoms with Crippen molar-refractivity contribution >= 4 is 22.7 Å². The van der Waals surface area contributed by atoms with Crippen LogP contribution in [0.25, 0.3) is 10.9 Å². The minimum absolute atomic E-state index is 0.0480. The van der Waals surface area contributed by atoms with Gasteiger partial charge in [-0.3, -0.25) is 14.4 Å². The Kier molecular flexibility index (Phi) is 4.31. The van der Waals surface area contributed by atoms with Crippen molar-refractivity contribution in [2.75, 3.05) is 6.54 Å². The average molecular weight is 315 g/mol. The molecule has 1 saturated carbocycles. The number of fused-ring (bicyclic) bond motifs is 1. The fraction of sp³-hybridized carbons (Fsp3) is 0.400. The van der Waals surface area contributed by atoms with E-state index in [1.54, 1.807) is 24.3 Å². The summed E-state index contributed by atoms with van der Waals surface area (Å²) in [5, 5.41) is 13.5. The molecule has 1 aliphatic rings. The minimum Gasteiger partial charge on any atom is -0.352 e. The smallest absolute Gasteiger partial charge is 0.277 e. The molecule has 1 aliphatic carbocycles. The van der Waals surface area contributed by atoms with Crippen molar-refractivity contribution in [3.63, 3.8) is 0 Å². The lowest BCUT2D eigenvalue weighted by atomic mass is 10.2. The molecule has 0 saturated heterocycles. The zero-order valence-electron chi connectivity index (χ0n) is 12.5. The zero-order valence-corrected chi connectivity index (χ0v) is 12.5. The molecule has 0 bridgehead atoms. The molecule has 3 rings (SSSR count). The van der Waals surface area contributed by atoms with Crippen LogP contribution in [0.3, 0.4) is 0 Å². The van der Waals surface area contributed by atoms with Gasteiger partial charge in [0.1, 0.15) is 5.52 Å². The van der Waals surface area contributed by atoms with Gasteiger partial charge in [0.05, 0.1) is 18.5 Å². The van der Waals surface area contributed by atoms with E-state index < -0.39 is 0 Å². The number of hydrogen-bond donors (Lipinski definition) is 2. The second-order valence-electron chi connectivity index (χ2n) is 5.50. The third kappa shape index (κ3) is 3.91.